The Balaban J connectivity index is 2.04. The van der Waals surface area contributed by atoms with Crippen LogP contribution in [0.4, 0.5) is 14.9 Å². The molecular weight excluding hydrogens is 277 g/mol. The van der Waals surface area contributed by atoms with Gasteiger partial charge in [-0.15, -0.1) is 0 Å². The average molecular weight is 289 g/mol. The zero-order chi connectivity index (χ0) is 14.0. The average Bonchev–Trinajstić information content (AvgIpc) is 2.67. The first kappa shape index (κ1) is 13.8. The van der Waals surface area contributed by atoms with Crippen molar-refractivity contribution in [1.82, 2.24) is 0 Å². The number of rotatable bonds is 4. The number of hydrogen-bond acceptors (Lipinski definition) is 4. The van der Waals surface area contributed by atoms with Crippen LogP contribution in [-0.2, 0) is 14.9 Å². The van der Waals surface area contributed by atoms with Gasteiger partial charge in [-0.25, -0.2) is 9.18 Å². The van der Waals surface area contributed by atoms with E-state index in [1.54, 1.807) is 6.07 Å². The van der Waals surface area contributed by atoms with Gasteiger partial charge in [0.1, 0.15) is 11.9 Å². The topological polar surface area (TPSA) is 83.9 Å². The molecule has 19 heavy (non-hydrogen) atoms. The highest BCUT2D eigenvalue weighted by atomic mass is 32.2. The molecule has 2 rings (SSSR count). The summed E-state index contributed by atoms with van der Waals surface area (Å²) in [6, 6.07) is 5.45. The molecule has 6 nitrogen and oxygen atoms in total. The summed E-state index contributed by atoms with van der Waals surface area (Å²) in [7, 11) is -4.09. The lowest BCUT2D eigenvalue weighted by molar-refractivity contribution is 0.139. The summed E-state index contributed by atoms with van der Waals surface area (Å²) >= 11 is 0. The number of carbonyl (C=O) groups excluding carboxylic acids is 1. The second-order valence-corrected chi connectivity index (χ2v) is 5.74. The van der Waals surface area contributed by atoms with Crippen molar-refractivity contribution < 1.29 is 26.9 Å². The highest BCUT2D eigenvalue weighted by Crippen LogP contribution is 2.23. The fourth-order valence-corrected chi connectivity index (χ4v) is 2.37. The maximum atomic E-state index is 13.1. The number of benzene rings is 1. The molecule has 0 unspecified atom stereocenters. The molecule has 1 amide bonds. The largest absolute Gasteiger partial charge is 0.444 e. The quantitative estimate of drug-likeness (QED) is 0.848. The van der Waals surface area contributed by atoms with Crippen molar-refractivity contribution in [3.05, 3.63) is 30.1 Å². The molecule has 1 aliphatic heterocycles. The molecule has 104 valence electrons. The van der Waals surface area contributed by atoms with E-state index in [1.807, 2.05) is 0 Å². The summed E-state index contributed by atoms with van der Waals surface area (Å²) in [4.78, 5) is 12.8. The molecule has 0 spiro atoms. The number of amides is 1. The van der Waals surface area contributed by atoms with Crippen LogP contribution in [0.2, 0.25) is 0 Å². The SMILES string of the molecule is O=C1O[C@H](CCS(=O)(=O)O)CN1c1cccc(F)c1. The third-order valence-corrected chi connectivity index (χ3v) is 3.44. The molecular formula is C11H12FNO5S. The first-order valence-corrected chi connectivity index (χ1v) is 7.15. The van der Waals surface area contributed by atoms with Gasteiger partial charge in [0.25, 0.3) is 10.1 Å². The second-order valence-electron chi connectivity index (χ2n) is 4.17. The van der Waals surface area contributed by atoms with Crippen molar-refractivity contribution in [2.24, 2.45) is 0 Å². The number of halogens is 1. The smallest absolute Gasteiger partial charge is 0.414 e. The first-order chi connectivity index (χ1) is 8.85. The normalized spacial score (nSPS) is 19.6. The van der Waals surface area contributed by atoms with E-state index in [9.17, 15) is 17.6 Å². The van der Waals surface area contributed by atoms with Crippen LogP contribution in [0, 0.1) is 5.82 Å². The number of anilines is 1. The van der Waals surface area contributed by atoms with Crippen LogP contribution >= 0.6 is 0 Å². The molecule has 1 saturated heterocycles. The van der Waals surface area contributed by atoms with Gasteiger partial charge in [0.05, 0.1) is 18.0 Å². The third kappa shape index (κ3) is 3.65. The number of cyclic esters (lactones) is 1. The third-order valence-electron chi connectivity index (χ3n) is 2.69. The van der Waals surface area contributed by atoms with Crippen LogP contribution in [0.15, 0.2) is 24.3 Å². The van der Waals surface area contributed by atoms with Crippen molar-refractivity contribution in [2.45, 2.75) is 12.5 Å². The molecule has 1 N–H and O–H groups in total. The van der Waals surface area contributed by atoms with Gasteiger partial charge in [0.15, 0.2) is 0 Å². The van der Waals surface area contributed by atoms with E-state index in [0.717, 1.165) is 0 Å². The Morgan fingerprint density at radius 3 is 2.84 bits per heavy atom. The summed E-state index contributed by atoms with van der Waals surface area (Å²) in [6.07, 6.45) is -1.31. The van der Waals surface area contributed by atoms with E-state index < -0.39 is 33.9 Å². The first-order valence-electron chi connectivity index (χ1n) is 5.54. The molecule has 8 heteroatoms. The van der Waals surface area contributed by atoms with Crippen molar-refractivity contribution in [1.29, 1.82) is 0 Å². The van der Waals surface area contributed by atoms with Crippen LogP contribution in [0.5, 0.6) is 0 Å². The van der Waals surface area contributed by atoms with Gasteiger partial charge in [0, 0.05) is 6.42 Å². The van der Waals surface area contributed by atoms with E-state index in [-0.39, 0.29) is 13.0 Å². The van der Waals surface area contributed by atoms with Crippen LogP contribution < -0.4 is 4.90 Å². The Morgan fingerprint density at radius 1 is 1.47 bits per heavy atom. The van der Waals surface area contributed by atoms with Gasteiger partial charge < -0.3 is 4.74 Å². The minimum atomic E-state index is -4.09. The monoisotopic (exact) mass is 289 g/mol. The van der Waals surface area contributed by atoms with E-state index in [0.29, 0.717) is 5.69 Å². The molecule has 0 bridgehead atoms. The maximum Gasteiger partial charge on any atom is 0.414 e. The Labute approximate surface area is 109 Å². The van der Waals surface area contributed by atoms with Crippen molar-refractivity contribution in [3.63, 3.8) is 0 Å². The Bertz CT molecular complexity index is 589. The number of nitrogens with zero attached hydrogens (tertiary/aromatic N) is 1. The second kappa shape index (κ2) is 5.14. The lowest BCUT2D eigenvalue weighted by Gasteiger charge is -2.12. The fourth-order valence-electron chi connectivity index (χ4n) is 1.81. The molecule has 0 saturated carbocycles. The van der Waals surface area contributed by atoms with Gasteiger partial charge in [-0.2, -0.15) is 8.42 Å². The predicted octanol–water partition coefficient (Wildman–Crippen LogP) is 1.43. The number of hydrogen-bond donors (Lipinski definition) is 1. The highest BCUT2D eigenvalue weighted by Gasteiger charge is 2.32. The number of ether oxygens (including phenoxy) is 1. The highest BCUT2D eigenvalue weighted by molar-refractivity contribution is 7.85. The van der Waals surface area contributed by atoms with E-state index in [2.05, 4.69) is 0 Å². The summed E-state index contributed by atoms with van der Waals surface area (Å²) in [5.41, 5.74) is 0.347. The predicted molar refractivity (Wildman–Crippen MR) is 65.0 cm³/mol. The zero-order valence-corrected chi connectivity index (χ0v) is 10.6. The van der Waals surface area contributed by atoms with E-state index in [1.165, 1.54) is 23.1 Å². The van der Waals surface area contributed by atoms with Gasteiger partial charge in [-0.05, 0) is 18.2 Å². The van der Waals surface area contributed by atoms with Gasteiger partial charge >= 0.3 is 6.09 Å². The minimum Gasteiger partial charge on any atom is -0.444 e. The van der Waals surface area contributed by atoms with Crippen LogP contribution in [0.3, 0.4) is 0 Å². The van der Waals surface area contributed by atoms with Crippen LogP contribution in [0.25, 0.3) is 0 Å². The van der Waals surface area contributed by atoms with E-state index in [4.69, 9.17) is 9.29 Å². The van der Waals surface area contributed by atoms with Gasteiger partial charge in [0.2, 0.25) is 0 Å². The summed E-state index contributed by atoms with van der Waals surface area (Å²) < 4.78 is 47.9. The lowest BCUT2D eigenvalue weighted by atomic mass is 10.2. The van der Waals surface area contributed by atoms with Gasteiger partial charge in [-0.3, -0.25) is 9.45 Å². The Morgan fingerprint density at radius 2 is 2.21 bits per heavy atom. The van der Waals surface area contributed by atoms with Crippen molar-refractivity contribution in [2.75, 3.05) is 17.2 Å². The fraction of sp³-hybridized carbons (Fsp3) is 0.364. The molecule has 1 aliphatic rings. The van der Waals surface area contributed by atoms with Crippen molar-refractivity contribution >= 4 is 21.9 Å². The zero-order valence-electron chi connectivity index (χ0n) is 9.82. The van der Waals surface area contributed by atoms with E-state index >= 15 is 0 Å². The molecule has 0 aromatic heterocycles. The standard InChI is InChI=1S/C11H12FNO5S/c12-8-2-1-3-9(6-8)13-7-10(18-11(13)14)4-5-19(15,16)17/h1-3,6,10H,4-5,7H2,(H,15,16,17)/t10-/m1/s1. The molecule has 1 atom stereocenters. The minimum absolute atomic E-state index is 0.00358. The molecule has 0 aliphatic carbocycles. The molecule has 1 fully saturated rings. The molecule has 0 radical (unpaired) electrons. The molecule has 1 aromatic carbocycles. The summed E-state index contributed by atoms with van der Waals surface area (Å²) in [5, 5.41) is 0. The van der Waals surface area contributed by atoms with Crippen molar-refractivity contribution in [3.8, 4) is 0 Å². The Hall–Kier alpha value is -1.67. The number of carbonyl (C=O) groups is 1. The van der Waals surface area contributed by atoms with Crippen LogP contribution in [0.1, 0.15) is 6.42 Å². The maximum absolute atomic E-state index is 13.1. The molecule has 1 heterocycles. The molecule has 1 aromatic rings. The summed E-state index contributed by atoms with van der Waals surface area (Å²) in [6.45, 7) is 0.123. The summed E-state index contributed by atoms with van der Waals surface area (Å²) in [5.74, 6) is -0.964. The Kier molecular flexibility index (Phi) is 3.72. The lowest BCUT2D eigenvalue weighted by Crippen LogP contribution is -2.25. The van der Waals surface area contributed by atoms with Crippen LogP contribution in [-0.4, -0.2) is 37.5 Å². The van der Waals surface area contributed by atoms with Gasteiger partial charge in [-0.1, -0.05) is 6.07 Å².